The van der Waals surface area contributed by atoms with Crippen molar-refractivity contribution in [1.82, 2.24) is 0 Å². The number of nitrogens with zero attached hydrogens (tertiary/aromatic N) is 1. The molecule has 82 valence electrons. The SMILES string of the molecule is CCCCOc1ccc([N+](=O)[O-])cc1F. The standard InChI is InChI=1S/C10H12FNO3/c1-2-3-6-15-10-5-4-8(12(13)14)7-9(10)11/h4-5,7H,2-3,6H2,1H3. The molecule has 0 unspecified atom stereocenters. The fourth-order valence-electron chi connectivity index (χ4n) is 1.05. The summed E-state index contributed by atoms with van der Waals surface area (Å²) in [6.07, 6.45) is 1.78. The highest BCUT2D eigenvalue weighted by atomic mass is 19.1. The van der Waals surface area contributed by atoms with Crippen LogP contribution in [-0.2, 0) is 0 Å². The van der Waals surface area contributed by atoms with Gasteiger partial charge in [0, 0.05) is 6.07 Å². The fourth-order valence-corrected chi connectivity index (χ4v) is 1.05. The van der Waals surface area contributed by atoms with Gasteiger partial charge in [-0.15, -0.1) is 0 Å². The highest BCUT2D eigenvalue weighted by Gasteiger charge is 2.10. The van der Waals surface area contributed by atoms with Crippen molar-refractivity contribution in [3.05, 3.63) is 34.1 Å². The van der Waals surface area contributed by atoms with E-state index in [1.165, 1.54) is 12.1 Å². The van der Waals surface area contributed by atoms with Gasteiger partial charge in [-0.3, -0.25) is 10.1 Å². The van der Waals surface area contributed by atoms with Crippen LogP contribution in [0.3, 0.4) is 0 Å². The molecule has 0 radical (unpaired) electrons. The van der Waals surface area contributed by atoms with E-state index in [2.05, 4.69) is 0 Å². The molecule has 5 heteroatoms. The molecule has 0 aliphatic heterocycles. The molecule has 15 heavy (non-hydrogen) atoms. The average Bonchev–Trinajstić information content (AvgIpc) is 2.20. The van der Waals surface area contributed by atoms with Gasteiger partial charge in [-0.2, -0.15) is 0 Å². The zero-order chi connectivity index (χ0) is 11.3. The lowest BCUT2D eigenvalue weighted by Gasteiger charge is -2.05. The van der Waals surface area contributed by atoms with Crippen LogP contribution >= 0.6 is 0 Å². The maximum Gasteiger partial charge on any atom is 0.272 e. The van der Waals surface area contributed by atoms with Gasteiger partial charge in [0.2, 0.25) is 0 Å². The Bertz CT molecular complexity index is 355. The maximum atomic E-state index is 13.2. The number of rotatable bonds is 5. The van der Waals surface area contributed by atoms with Crippen LogP contribution in [0.25, 0.3) is 0 Å². The lowest BCUT2D eigenvalue weighted by Crippen LogP contribution is -1.99. The summed E-state index contributed by atoms with van der Waals surface area (Å²) >= 11 is 0. The first kappa shape index (κ1) is 11.4. The highest BCUT2D eigenvalue weighted by molar-refractivity contribution is 5.37. The van der Waals surface area contributed by atoms with Crippen LogP contribution in [0.1, 0.15) is 19.8 Å². The predicted molar refractivity (Wildman–Crippen MR) is 53.5 cm³/mol. The first-order valence-corrected chi connectivity index (χ1v) is 4.72. The van der Waals surface area contributed by atoms with Crippen molar-refractivity contribution in [3.8, 4) is 5.75 Å². The molecule has 0 aliphatic rings. The summed E-state index contributed by atoms with van der Waals surface area (Å²) in [6.45, 7) is 2.42. The molecule has 0 saturated carbocycles. The molecule has 0 spiro atoms. The summed E-state index contributed by atoms with van der Waals surface area (Å²) in [6, 6.07) is 3.37. The molecule has 0 amide bonds. The van der Waals surface area contributed by atoms with E-state index in [1.807, 2.05) is 6.92 Å². The van der Waals surface area contributed by atoms with E-state index in [4.69, 9.17) is 4.74 Å². The number of ether oxygens (including phenoxy) is 1. The van der Waals surface area contributed by atoms with Gasteiger partial charge in [-0.1, -0.05) is 13.3 Å². The second kappa shape index (κ2) is 5.29. The van der Waals surface area contributed by atoms with Gasteiger partial charge in [0.25, 0.3) is 5.69 Å². The van der Waals surface area contributed by atoms with Gasteiger partial charge >= 0.3 is 0 Å². The first-order valence-electron chi connectivity index (χ1n) is 4.72. The summed E-state index contributed by atoms with van der Waals surface area (Å²) in [5.74, 6) is -0.630. The van der Waals surface area contributed by atoms with Crippen molar-refractivity contribution >= 4 is 5.69 Å². The molecule has 1 aromatic carbocycles. The largest absolute Gasteiger partial charge is 0.491 e. The average molecular weight is 213 g/mol. The van der Waals surface area contributed by atoms with Crippen molar-refractivity contribution in [2.24, 2.45) is 0 Å². The molecular formula is C10H12FNO3. The van der Waals surface area contributed by atoms with Crippen molar-refractivity contribution < 1.29 is 14.1 Å². The molecule has 0 bridgehead atoms. The molecule has 4 nitrogen and oxygen atoms in total. The van der Waals surface area contributed by atoms with E-state index in [0.29, 0.717) is 6.61 Å². The molecule has 0 saturated heterocycles. The number of nitro groups is 1. The van der Waals surface area contributed by atoms with Crippen LogP contribution in [-0.4, -0.2) is 11.5 Å². The third-order valence-corrected chi connectivity index (χ3v) is 1.88. The summed E-state index contributed by atoms with van der Waals surface area (Å²) in [4.78, 5) is 9.68. The Morgan fingerprint density at radius 2 is 2.27 bits per heavy atom. The number of halogens is 1. The van der Waals surface area contributed by atoms with Gasteiger partial charge in [0.15, 0.2) is 11.6 Å². The minimum atomic E-state index is -0.694. The van der Waals surface area contributed by atoms with Crippen molar-refractivity contribution in [1.29, 1.82) is 0 Å². The van der Waals surface area contributed by atoms with Gasteiger partial charge < -0.3 is 4.74 Å². The van der Waals surface area contributed by atoms with E-state index in [0.717, 1.165) is 18.9 Å². The van der Waals surface area contributed by atoms with Crippen LogP contribution in [0.5, 0.6) is 5.75 Å². The maximum absolute atomic E-state index is 13.2. The number of hydrogen-bond donors (Lipinski definition) is 0. The van der Waals surface area contributed by atoms with Crippen LogP contribution in [0.2, 0.25) is 0 Å². The molecule has 0 aromatic heterocycles. The Labute approximate surface area is 86.8 Å². The smallest absolute Gasteiger partial charge is 0.272 e. The Hall–Kier alpha value is -1.65. The molecular weight excluding hydrogens is 201 g/mol. The molecule has 1 aromatic rings. The minimum absolute atomic E-state index is 0.0639. The summed E-state index contributed by atoms with van der Waals surface area (Å²) < 4.78 is 18.3. The Morgan fingerprint density at radius 3 is 2.80 bits per heavy atom. The van der Waals surface area contributed by atoms with Gasteiger partial charge in [0.05, 0.1) is 17.6 Å². The zero-order valence-corrected chi connectivity index (χ0v) is 8.40. The predicted octanol–water partition coefficient (Wildman–Crippen LogP) is 2.91. The number of nitro benzene ring substituents is 1. The molecule has 1 rings (SSSR count). The summed E-state index contributed by atoms with van der Waals surface area (Å²) in [5, 5.41) is 10.3. The Balaban J connectivity index is 2.70. The first-order chi connectivity index (χ1) is 7.15. The Kier molecular flexibility index (Phi) is 4.03. The van der Waals surface area contributed by atoms with Crippen LogP contribution in [0, 0.1) is 15.9 Å². The van der Waals surface area contributed by atoms with Gasteiger partial charge in [-0.05, 0) is 12.5 Å². The van der Waals surface area contributed by atoms with E-state index >= 15 is 0 Å². The number of benzene rings is 1. The third kappa shape index (κ3) is 3.19. The van der Waals surface area contributed by atoms with Crippen molar-refractivity contribution in [2.75, 3.05) is 6.61 Å². The van der Waals surface area contributed by atoms with E-state index in [-0.39, 0.29) is 11.4 Å². The molecule has 0 atom stereocenters. The van der Waals surface area contributed by atoms with Gasteiger partial charge in [-0.25, -0.2) is 4.39 Å². The second-order valence-corrected chi connectivity index (χ2v) is 3.07. The second-order valence-electron chi connectivity index (χ2n) is 3.07. The summed E-state index contributed by atoms with van der Waals surface area (Å²) in [7, 11) is 0. The highest BCUT2D eigenvalue weighted by Crippen LogP contribution is 2.22. The molecule has 0 aliphatic carbocycles. The topological polar surface area (TPSA) is 52.4 Å². The number of hydrogen-bond acceptors (Lipinski definition) is 3. The zero-order valence-electron chi connectivity index (χ0n) is 8.40. The van der Waals surface area contributed by atoms with Crippen LogP contribution < -0.4 is 4.74 Å². The van der Waals surface area contributed by atoms with E-state index in [9.17, 15) is 14.5 Å². The van der Waals surface area contributed by atoms with Gasteiger partial charge in [0.1, 0.15) is 0 Å². The van der Waals surface area contributed by atoms with Crippen LogP contribution in [0.4, 0.5) is 10.1 Å². The van der Waals surface area contributed by atoms with Crippen molar-refractivity contribution in [3.63, 3.8) is 0 Å². The summed E-state index contributed by atoms with van der Waals surface area (Å²) in [5.41, 5.74) is -0.268. The van der Waals surface area contributed by atoms with E-state index in [1.54, 1.807) is 0 Å². The van der Waals surface area contributed by atoms with Crippen LogP contribution in [0.15, 0.2) is 18.2 Å². The quantitative estimate of drug-likeness (QED) is 0.429. The monoisotopic (exact) mass is 213 g/mol. The minimum Gasteiger partial charge on any atom is -0.491 e. The lowest BCUT2D eigenvalue weighted by atomic mass is 10.3. The molecule has 0 heterocycles. The third-order valence-electron chi connectivity index (χ3n) is 1.88. The Morgan fingerprint density at radius 1 is 1.53 bits per heavy atom. The number of unbranched alkanes of at least 4 members (excludes halogenated alkanes) is 1. The molecule has 0 fully saturated rings. The van der Waals surface area contributed by atoms with E-state index < -0.39 is 10.7 Å². The lowest BCUT2D eigenvalue weighted by molar-refractivity contribution is -0.385. The number of non-ortho nitro benzene ring substituents is 1. The van der Waals surface area contributed by atoms with Crippen molar-refractivity contribution in [2.45, 2.75) is 19.8 Å². The fraction of sp³-hybridized carbons (Fsp3) is 0.400. The molecule has 0 N–H and O–H groups in total. The normalized spacial score (nSPS) is 10.0.